The molecule has 8 heteroatoms. The summed E-state index contributed by atoms with van der Waals surface area (Å²) in [6, 6.07) is 3.51. The minimum atomic E-state index is -0.289. The maximum atomic E-state index is 12.8. The van der Waals surface area contributed by atoms with Crippen LogP contribution in [0.4, 0.5) is 5.69 Å². The summed E-state index contributed by atoms with van der Waals surface area (Å²) in [6.45, 7) is 3.63. The van der Waals surface area contributed by atoms with Crippen molar-refractivity contribution < 1.29 is 14.3 Å². The highest BCUT2D eigenvalue weighted by molar-refractivity contribution is 7.20. The molecule has 1 amide bonds. The fraction of sp³-hybridized carbons (Fsp3) is 0.278. The Bertz CT molecular complexity index is 1070. The quantitative estimate of drug-likeness (QED) is 0.760. The fourth-order valence-corrected chi connectivity index (χ4v) is 3.75. The molecule has 0 aliphatic heterocycles. The van der Waals surface area contributed by atoms with Crippen LogP contribution in [0.1, 0.15) is 20.8 Å². The summed E-state index contributed by atoms with van der Waals surface area (Å²) >= 11 is 1.21. The molecule has 0 atom stereocenters. The number of carbonyl (C=O) groups is 1. The van der Waals surface area contributed by atoms with Crippen molar-refractivity contribution in [2.24, 2.45) is 7.05 Å². The van der Waals surface area contributed by atoms with Gasteiger partial charge in [-0.25, -0.2) is 4.98 Å². The zero-order valence-electron chi connectivity index (χ0n) is 15.2. The van der Waals surface area contributed by atoms with E-state index in [0.29, 0.717) is 37.8 Å². The number of aromatic nitrogens is 2. The Balaban J connectivity index is 2.01. The lowest BCUT2D eigenvalue weighted by Crippen LogP contribution is -2.17. The van der Waals surface area contributed by atoms with E-state index in [9.17, 15) is 9.59 Å². The van der Waals surface area contributed by atoms with Crippen LogP contribution in [-0.2, 0) is 7.05 Å². The summed E-state index contributed by atoms with van der Waals surface area (Å²) < 4.78 is 12.0. The number of rotatable bonds is 4. The Morgan fingerprint density at radius 3 is 2.50 bits per heavy atom. The zero-order chi connectivity index (χ0) is 19.0. The molecule has 3 rings (SSSR count). The Morgan fingerprint density at radius 1 is 1.19 bits per heavy atom. The molecule has 0 bridgehead atoms. The number of hydrogen-bond acceptors (Lipinski definition) is 6. The van der Waals surface area contributed by atoms with Crippen LogP contribution >= 0.6 is 11.3 Å². The SMILES string of the molecule is COc1cc(C)c(NC(=O)c2sc3ncn(C)c(=O)c3c2C)cc1OC. The number of hydrogen-bond donors (Lipinski definition) is 1. The number of nitrogens with zero attached hydrogens (tertiary/aromatic N) is 2. The number of ether oxygens (including phenoxy) is 2. The average Bonchev–Trinajstić information content (AvgIpc) is 2.96. The Kier molecular flexibility index (Phi) is 4.69. The standard InChI is InChI=1S/C18H19N3O4S/c1-9-6-12(24-4)13(25-5)7-11(9)20-16(22)15-10(2)14-17(26-15)19-8-21(3)18(14)23/h6-8H,1-5H3,(H,20,22). The molecule has 0 fully saturated rings. The van der Waals surface area contributed by atoms with Crippen LogP contribution < -0.4 is 20.3 Å². The van der Waals surface area contributed by atoms with Gasteiger partial charge < -0.3 is 19.4 Å². The Morgan fingerprint density at radius 2 is 1.85 bits per heavy atom. The summed E-state index contributed by atoms with van der Waals surface area (Å²) in [5.74, 6) is 0.827. The van der Waals surface area contributed by atoms with Gasteiger partial charge in [-0.3, -0.25) is 9.59 Å². The van der Waals surface area contributed by atoms with E-state index in [-0.39, 0.29) is 11.5 Å². The average molecular weight is 373 g/mol. The topological polar surface area (TPSA) is 82.5 Å². The highest BCUT2D eigenvalue weighted by Crippen LogP contribution is 2.34. The van der Waals surface area contributed by atoms with Gasteiger partial charge in [-0.15, -0.1) is 11.3 Å². The lowest BCUT2D eigenvalue weighted by molar-refractivity contribution is 0.103. The zero-order valence-corrected chi connectivity index (χ0v) is 16.0. The van der Waals surface area contributed by atoms with E-state index in [1.165, 1.54) is 29.3 Å². The second kappa shape index (κ2) is 6.80. The third-order valence-electron chi connectivity index (χ3n) is 4.20. The van der Waals surface area contributed by atoms with Crippen molar-refractivity contribution in [3.05, 3.63) is 44.8 Å². The predicted octanol–water partition coefficient (Wildman–Crippen LogP) is 2.88. The van der Waals surface area contributed by atoms with Crippen LogP contribution in [0.5, 0.6) is 11.5 Å². The largest absolute Gasteiger partial charge is 0.493 e. The number of carbonyl (C=O) groups excluding carboxylic acids is 1. The Hall–Kier alpha value is -2.87. The van der Waals surface area contributed by atoms with Gasteiger partial charge in [-0.2, -0.15) is 0 Å². The number of nitrogens with one attached hydrogen (secondary N) is 1. The van der Waals surface area contributed by atoms with Crippen molar-refractivity contribution in [1.82, 2.24) is 9.55 Å². The van der Waals surface area contributed by atoms with Crippen LogP contribution in [0, 0.1) is 13.8 Å². The van der Waals surface area contributed by atoms with Crippen molar-refractivity contribution in [3.63, 3.8) is 0 Å². The molecule has 0 aliphatic carbocycles. The predicted molar refractivity (Wildman–Crippen MR) is 102 cm³/mol. The number of methoxy groups -OCH3 is 2. The van der Waals surface area contributed by atoms with E-state index in [2.05, 4.69) is 10.3 Å². The summed E-state index contributed by atoms with van der Waals surface area (Å²) in [5, 5.41) is 3.37. The van der Waals surface area contributed by atoms with Crippen molar-refractivity contribution in [2.75, 3.05) is 19.5 Å². The van der Waals surface area contributed by atoms with Gasteiger partial charge in [0.25, 0.3) is 11.5 Å². The fourth-order valence-electron chi connectivity index (χ4n) is 2.72. The molecular formula is C18H19N3O4S. The molecule has 0 radical (unpaired) electrons. The lowest BCUT2D eigenvalue weighted by Gasteiger charge is -2.13. The molecule has 0 spiro atoms. The van der Waals surface area contributed by atoms with Crippen LogP contribution in [0.25, 0.3) is 10.2 Å². The minimum Gasteiger partial charge on any atom is -0.493 e. The Labute approximate surface area is 154 Å². The first-order valence-corrected chi connectivity index (χ1v) is 8.67. The van der Waals surface area contributed by atoms with E-state index < -0.39 is 0 Å². The van der Waals surface area contributed by atoms with E-state index in [4.69, 9.17) is 9.47 Å². The molecule has 0 saturated carbocycles. The molecule has 1 aromatic carbocycles. The maximum absolute atomic E-state index is 12.8. The first kappa shape index (κ1) is 17.9. The van der Waals surface area contributed by atoms with Crippen molar-refractivity contribution in [2.45, 2.75) is 13.8 Å². The number of aryl methyl sites for hydroxylation is 3. The van der Waals surface area contributed by atoms with Gasteiger partial charge in [0.05, 0.1) is 30.8 Å². The van der Waals surface area contributed by atoms with Gasteiger partial charge >= 0.3 is 0 Å². The summed E-state index contributed by atoms with van der Waals surface area (Å²) in [6.07, 6.45) is 1.46. The monoisotopic (exact) mass is 373 g/mol. The first-order chi connectivity index (χ1) is 12.4. The van der Waals surface area contributed by atoms with Gasteiger partial charge in [-0.1, -0.05) is 0 Å². The third kappa shape index (κ3) is 2.92. The van der Waals surface area contributed by atoms with Gasteiger partial charge in [0.15, 0.2) is 11.5 Å². The van der Waals surface area contributed by atoms with Crippen LogP contribution in [0.15, 0.2) is 23.3 Å². The summed E-state index contributed by atoms with van der Waals surface area (Å²) in [4.78, 5) is 30.4. The molecule has 26 heavy (non-hydrogen) atoms. The second-order valence-corrected chi connectivity index (χ2v) is 6.87. The molecule has 1 N–H and O–H groups in total. The molecule has 7 nitrogen and oxygen atoms in total. The minimum absolute atomic E-state index is 0.162. The van der Waals surface area contributed by atoms with Crippen molar-refractivity contribution in [3.8, 4) is 11.5 Å². The third-order valence-corrected chi connectivity index (χ3v) is 5.39. The van der Waals surface area contributed by atoms with Crippen LogP contribution in [0.2, 0.25) is 0 Å². The second-order valence-electron chi connectivity index (χ2n) is 5.87. The molecule has 3 aromatic rings. The highest BCUT2D eigenvalue weighted by atomic mass is 32.1. The molecule has 0 unspecified atom stereocenters. The normalized spacial score (nSPS) is 10.8. The lowest BCUT2D eigenvalue weighted by atomic mass is 10.1. The smallest absolute Gasteiger partial charge is 0.266 e. The van der Waals surface area contributed by atoms with Gasteiger partial charge in [0.1, 0.15) is 4.83 Å². The first-order valence-electron chi connectivity index (χ1n) is 7.86. The molecule has 2 heterocycles. The molecular weight excluding hydrogens is 354 g/mol. The molecule has 136 valence electrons. The van der Waals surface area contributed by atoms with Gasteiger partial charge in [0, 0.05) is 18.8 Å². The van der Waals surface area contributed by atoms with Gasteiger partial charge in [0.2, 0.25) is 0 Å². The van der Waals surface area contributed by atoms with E-state index in [1.54, 1.807) is 33.2 Å². The van der Waals surface area contributed by atoms with E-state index >= 15 is 0 Å². The summed E-state index contributed by atoms with van der Waals surface area (Å²) in [5.41, 5.74) is 1.92. The molecule has 0 saturated heterocycles. The van der Waals surface area contributed by atoms with Crippen molar-refractivity contribution >= 4 is 33.1 Å². The number of anilines is 1. The van der Waals surface area contributed by atoms with E-state index in [1.807, 2.05) is 6.92 Å². The van der Waals surface area contributed by atoms with Crippen molar-refractivity contribution in [1.29, 1.82) is 0 Å². The number of benzene rings is 1. The summed E-state index contributed by atoms with van der Waals surface area (Å²) in [7, 11) is 4.73. The number of thiophene rings is 1. The van der Waals surface area contributed by atoms with Gasteiger partial charge in [-0.05, 0) is 31.0 Å². The number of amides is 1. The highest BCUT2D eigenvalue weighted by Gasteiger charge is 2.20. The molecule has 2 aromatic heterocycles. The van der Waals surface area contributed by atoms with Crippen LogP contribution in [-0.4, -0.2) is 29.7 Å². The molecule has 0 aliphatic rings. The maximum Gasteiger partial charge on any atom is 0.266 e. The number of fused-ring (bicyclic) bond motifs is 1. The van der Waals surface area contributed by atoms with E-state index in [0.717, 1.165) is 5.56 Å². The van der Waals surface area contributed by atoms with Crippen LogP contribution in [0.3, 0.4) is 0 Å².